The van der Waals surface area contributed by atoms with E-state index in [9.17, 15) is 0 Å². The molecular formula is C11H21NO. The summed E-state index contributed by atoms with van der Waals surface area (Å²) in [6, 6.07) is 0. The predicted octanol–water partition coefficient (Wildman–Crippen LogP) is 1.85. The van der Waals surface area contributed by atoms with E-state index in [0.29, 0.717) is 6.61 Å². The monoisotopic (exact) mass is 183 g/mol. The highest BCUT2D eigenvalue weighted by molar-refractivity contribution is 5.07. The van der Waals surface area contributed by atoms with E-state index < -0.39 is 0 Å². The molecule has 0 spiro atoms. The smallest absolute Gasteiger partial charge is 0.0431 e. The molecule has 0 atom stereocenters. The molecule has 0 aromatic heterocycles. The van der Waals surface area contributed by atoms with Crippen LogP contribution in [0.3, 0.4) is 0 Å². The molecule has 76 valence electrons. The van der Waals surface area contributed by atoms with Gasteiger partial charge in [0.15, 0.2) is 0 Å². The van der Waals surface area contributed by atoms with Crippen molar-refractivity contribution >= 4 is 0 Å². The molecule has 2 N–H and O–H groups in total. The van der Waals surface area contributed by atoms with Gasteiger partial charge in [0.1, 0.15) is 0 Å². The summed E-state index contributed by atoms with van der Waals surface area (Å²) in [5.74, 6) is 0. The van der Waals surface area contributed by atoms with Crippen molar-refractivity contribution in [3.8, 4) is 0 Å². The van der Waals surface area contributed by atoms with Crippen molar-refractivity contribution in [2.75, 3.05) is 19.7 Å². The molecule has 0 aromatic rings. The maximum atomic E-state index is 8.56. The quantitative estimate of drug-likeness (QED) is 0.466. The van der Waals surface area contributed by atoms with Gasteiger partial charge in [-0.05, 0) is 51.6 Å². The molecule has 0 radical (unpaired) electrons. The average molecular weight is 183 g/mol. The first-order valence-electron chi connectivity index (χ1n) is 5.43. The lowest BCUT2D eigenvalue weighted by atomic mass is 10.2. The zero-order valence-electron chi connectivity index (χ0n) is 8.39. The summed E-state index contributed by atoms with van der Waals surface area (Å²) in [6.45, 7) is 2.48. The number of aliphatic hydroxyl groups is 1. The van der Waals surface area contributed by atoms with Gasteiger partial charge in [-0.25, -0.2) is 0 Å². The molecule has 13 heavy (non-hydrogen) atoms. The summed E-state index contributed by atoms with van der Waals surface area (Å²) in [6.07, 6.45) is 9.60. The van der Waals surface area contributed by atoms with Crippen LogP contribution in [0.25, 0.3) is 0 Å². The van der Waals surface area contributed by atoms with E-state index in [-0.39, 0.29) is 0 Å². The Balaban J connectivity index is 1.83. The molecule has 0 amide bonds. The average Bonchev–Trinajstić information content (AvgIpc) is 2.63. The van der Waals surface area contributed by atoms with E-state index in [1.807, 2.05) is 0 Å². The SMILES string of the molecule is OCCCCNCCC1=CCCC1. The Morgan fingerprint density at radius 3 is 2.92 bits per heavy atom. The van der Waals surface area contributed by atoms with Gasteiger partial charge in [0.05, 0.1) is 0 Å². The Morgan fingerprint density at radius 2 is 2.23 bits per heavy atom. The topological polar surface area (TPSA) is 32.3 Å². The van der Waals surface area contributed by atoms with E-state index in [0.717, 1.165) is 25.9 Å². The summed E-state index contributed by atoms with van der Waals surface area (Å²) < 4.78 is 0. The molecule has 0 aliphatic heterocycles. The number of hydrogen-bond donors (Lipinski definition) is 2. The van der Waals surface area contributed by atoms with Crippen LogP contribution >= 0.6 is 0 Å². The standard InChI is InChI=1S/C11H21NO/c13-10-4-3-8-12-9-7-11-5-1-2-6-11/h5,12-13H,1-4,6-10H2. The minimum atomic E-state index is 0.326. The first-order valence-corrected chi connectivity index (χ1v) is 5.43. The van der Waals surface area contributed by atoms with Crippen LogP contribution in [-0.4, -0.2) is 24.8 Å². The number of allylic oxidation sites excluding steroid dienone is 1. The summed E-state index contributed by atoms with van der Waals surface area (Å²) in [5.41, 5.74) is 1.63. The third-order valence-electron chi connectivity index (χ3n) is 2.52. The minimum Gasteiger partial charge on any atom is -0.396 e. The molecule has 2 nitrogen and oxygen atoms in total. The second-order valence-corrected chi connectivity index (χ2v) is 3.69. The van der Waals surface area contributed by atoms with Crippen LogP contribution in [0.2, 0.25) is 0 Å². The van der Waals surface area contributed by atoms with Crippen molar-refractivity contribution < 1.29 is 5.11 Å². The second kappa shape index (κ2) is 7.10. The number of aliphatic hydroxyl groups excluding tert-OH is 1. The number of rotatable bonds is 7. The van der Waals surface area contributed by atoms with Gasteiger partial charge in [0, 0.05) is 6.61 Å². The predicted molar refractivity (Wildman–Crippen MR) is 55.7 cm³/mol. The third kappa shape index (κ3) is 5.06. The number of nitrogens with one attached hydrogen (secondary N) is 1. The van der Waals surface area contributed by atoms with Crippen LogP contribution in [0.4, 0.5) is 0 Å². The van der Waals surface area contributed by atoms with Gasteiger partial charge in [0.2, 0.25) is 0 Å². The van der Waals surface area contributed by atoms with Gasteiger partial charge in [-0.1, -0.05) is 11.6 Å². The number of unbranched alkanes of at least 4 members (excludes halogenated alkanes) is 1. The van der Waals surface area contributed by atoms with Gasteiger partial charge in [-0.15, -0.1) is 0 Å². The van der Waals surface area contributed by atoms with Crippen molar-refractivity contribution in [1.29, 1.82) is 0 Å². The largest absolute Gasteiger partial charge is 0.396 e. The lowest BCUT2D eigenvalue weighted by Crippen LogP contribution is -2.17. The summed E-state index contributed by atoms with van der Waals surface area (Å²) >= 11 is 0. The van der Waals surface area contributed by atoms with Gasteiger partial charge < -0.3 is 10.4 Å². The Hall–Kier alpha value is -0.340. The highest BCUT2D eigenvalue weighted by atomic mass is 16.2. The number of hydrogen-bond acceptors (Lipinski definition) is 2. The fourth-order valence-corrected chi connectivity index (χ4v) is 1.70. The third-order valence-corrected chi connectivity index (χ3v) is 2.52. The molecule has 2 heteroatoms. The van der Waals surface area contributed by atoms with Crippen LogP contribution in [0.5, 0.6) is 0 Å². The maximum absolute atomic E-state index is 8.56. The highest BCUT2D eigenvalue weighted by Crippen LogP contribution is 2.19. The van der Waals surface area contributed by atoms with E-state index in [4.69, 9.17) is 5.11 Å². The summed E-state index contributed by atoms with van der Waals surface area (Å²) in [5, 5.41) is 12.0. The minimum absolute atomic E-state index is 0.326. The van der Waals surface area contributed by atoms with E-state index in [2.05, 4.69) is 11.4 Å². The summed E-state index contributed by atoms with van der Waals surface area (Å²) in [7, 11) is 0. The molecule has 0 heterocycles. The molecule has 1 rings (SSSR count). The van der Waals surface area contributed by atoms with Crippen LogP contribution in [0, 0.1) is 0 Å². The Labute approximate surface area is 81.0 Å². The van der Waals surface area contributed by atoms with E-state index >= 15 is 0 Å². The van der Waals surface area contributed by atoms with Gasteiger partial charge in [-0.3, -0.25) is 0 Å². The molecule has 0 aromatic carbocycles. The fraction of sp³-hybridized carbons (Fsp3) is 0.818. The zero-order valence-corrected chi connectivity index (χ0v) is 8.39. The van der Waals surface area contributed by atoms with Crippen molar-refractivity contribution in [2.24, 2.45) is 0 Å². The molecule has 0 bridgehead atoms. The second-order valence-electron chi connectivity index (χ2n) is 3.69. The molecule has 1 aliphatic rings. The van der Waals surface area contributed by atoms with Crippen LogP contribution < -0.4 is 5.32 Å². The molecule has 0 fully saturated rings. The van der Waals surface area contributed by atoms with Crippen LogP contribution in [-0.2, 0) is 0 Å². The van der Waals surface area contributed by atoms with Crippen molar-refractivity contribution in [3.05, 3.63) is 11.6 Å². The first-order chi connectivity index (χ1) is 6.43. The first kappa shape index (κ1) is 10.7. The Kier molecular flexibility index (Phi) is 5.87. The molecular weight excluding hydrogens is 162 g/mol. The molecule has 0 saturated carbocycles. The van der Waals surface area contributed by atoms with Crippen LogP contribution in [0.1, 0.15) is 38.5 Å². The van der Waals surface area contributed by atoms with Crippen molar-refractivity contribution in [1.82, 2.24) is 5.32 Å². The van der Waals surface area contributed by atoms with Gasteiger partial charge >= 0.3 is 0 Å². The zero-order chi connectivity index (χ0) is 9.36. The fourth-order valence-electron chi connectivity index (χ4n) is 1.70. The highest BCUT2D eigenvalue weighted by Gasteiger charge is 2.02. The normalized spacial score (nSPS) is 16.2. The van der Waals surface area contributed by atoms with Crippen LogP contribution in [0.15, 0.2) is 11.6 Å². The molecule has 0 saturated heterocycles. The van der Waals surface area contributed by atoms with Crippen molar-refractivity contribution in [2.45, 2.75) is 38.5 Å². The lowest BCUT2D eigenvalue weighted by Gasteiger charge is -2.04. The van der Waals surface area contributed by atoms with Gasteiger partial charge in [-0.2, -0.15) is 0 Å². The van der Waals surface area contributed by atoms with E-state index in [1.54, 1.807) is 5.57 Å². The molecule has 0 unspecified atom stereocenters. The Bertz CT molecular complexity index is 154. The Morgan fingerprint density at radius 1 is 1.31 bits per heavy atom. The summed E-state index contributed by atoms with van der Waals surface area (Å²) in [4.78, 5) is 0. The lowest BCUT2D eigenvalue weighted by molar-refractivity contribution is 0.284. The van der Waals surface area contributed by atoms with Gasteiger partial charge in [0.25, 0.3) is 0 Å². The van der Waals surface area contributed by atoms with Crippen molar-refractivity contribution in [3.63, 3.8) is 0 Å². The van der Waals surface area contributed by atoms with E-state index in [1.165, 1.54) is 25.7 Å². The molecule has 1 aliphatic carbocycles. The maximum Gasteiger partial charge on any atom is 0.0431 e.